The van der Waals surface area contributed by atoms with E-state index in [1.807, 2.05) is 0 Å². The summed E-state index contributed by atoms with van der Waals surface area (Å²) in [5.41, 5.74) is 0.0521. The lowest BCUT2D eigenvalue weighted by Crippen LogP contribution is -2.26. The monoisotopic (exact) mass is 593 g/mol. The van der Waals surface area contributed by atoms with Crippen LogP contribution < -0.4 is 15.0 Å². The summed E-state index contributed by atoms with van der Waals surface area (Å²) < 4.78 is 58.3. The van der Waals surface area contributed by atoms with Gasteiger partial charge in [-0.2, -0.15) is 22.9 Å². The van der Waals surface area contributed by atoms with E-state index in [-0.39, 0.29) is 30.0 Å². The molecule has 0 saturated heterocycles. The minimum atomic E-state index is -4.59. The smallest absolute Gasteiger partial charge is 0.416 e. The molecule has 4 aromatic rings. The predicted octanol–water partition coefficient (Wildman–Crippen LogP) is 6.42. The van der Waals surface area contributed by atoms with Crippen LogP contribution in [-0.2, 0) is 22.1 Å². The van der Waals surface area contributed by atoms with Crippen LogP contribution in [0, 0.1) is 0 Å². The van der Waals surface area contributed by atoms with Crippen LogP contribution in [0.25, 0.3) is 22.3 Å². The molecule has 0 radical (unpaired) electrons. The zero-order valence-corrected chi connectivity index (χ0v) is 23.9. The first-order chi connectivity index (χ1) is 20.6. The molecule has 0 unspecified atom stereocenters. The number of ether oxygens (including phenoxy) is 3. The summed E-state index contributed by atoms with van der Waals surface area (Å²) in [5, 5.41) is 4.62. The molecule has 43 heavy (non-hydrogen) atoms. The number of benzene rings is 3. The van der Waals surface area contributed by atoms with Gasteiger partial charge in [0.25, 0.3) is 5.56 Å². The van der Waals surface area contributed by atoms with Gasteiger partial charge in [-0.1, -0.05) is 30.3 Å². The van der Waals surface area contributed by atoms with Gasteiger partial charge in [0.1, 0.15) is 0 Å². The quantitative estimate of drug-likeness (QED) is 0.113. The molecule has 0 bridgehead atoms. The molecule has 0 amide bonds. The van der Waals surface area contributed by atoms with E-state index >= 15 is 0 Å². The highest BCUT2D eigenvalue weighted by Crippen LogP contribution is 2.35. The molecule has 1 heterocycles. The van der Waals surface area contributed by atoms with Gasteiger partial charge in [0.05, 0.1) is 35.9 Å². The second kappa shape index (κ2) is 13.4. The molecule has 0 saturated carbocycles. The number of fused-ring (bicyclic) bond motifs is 1. The maximum atomic E-state index is 13.5. The van der Waals surface area contributed by atoms with E-state index in [0.29, 0.717) is 34.6 Å². The van der Waals surface area contributed by atoms with Crippen LogP contribution in [0.3, 0.4) is 0 Å². The summed E-state index contributed by atoms with van der Waals surface area (Å²) in [5.74, 6) is 0.0474. The number of carbonyl (C=O) groups excluding carboxylic acids is 1. The zero-order chi connectivity index (χ0) is 31.1. The van der Waals surface area contributed by atoms with Crippen LogP contribution in [0.15, 0.2) is 83.2 Å². The fraction of sp³-hybridized carbons (Fsp3) is 0.250. The molecule has 0 aliphatic rings. The van der Waals surface area contributed by atoms with Crippen molar-refractivity contribution in [1.82, 2.24) is 9.66 Å². The molecule has 3 aromatic carbocycles. The minimum absolute atomic E-state index is 0.0638. The van der Waals surface area contributed by atoms with Crippen LogP contribution >= 0.6 is 0 Å². The van der Waals surface area contributed by atoms with E-state index < -0.39 is 29.4 Å². The SMILES string of the molecule is C=CCc1cc(C=Nn2c(-c3cccc(C(F)(F)F)c3)nc3ccccc3c2=O)cc(OCC)c1O[C@H](C)C(=O)OCC. The number of halogens is 3. The Bertz CT molecular complexity index is 1730. The van der Waals surface area contributed by atoms with Crippen molar-refractivity contribution in [2.24, 2.45) is 5.10 Å². The molecule has 224 valence electrons. The first kappa shape index (κ1) is 31.0. The highest BCUT2D eigenvalue weighted by atomic mass is 19.4. The number of aromatic nitrogens is 2. The first-order valence-electron chi connectivity index (χ1n) is 13.5. The molecular formula is C32H30F3N3O5. The van der Waals surface area contributed by atoms with Crippen molar-refractivity contribution in [2.45, 2.75) is 39.5 Å². The van der Waals surface area contributed by atoms with Crippen molar-refractivity contribution in [3.8, 4) is 22.9 Å². The molecule has 4 rings (SSSR count). The third-order valence-corrected chi connectivity index (χ3v) is 6.26. The maximum Gasteiger partial charge on any atom is 0.416 e. The number of hydrogen-bond acceptors (Lipinski definition) is 7. The summed E-state index contributed by atoms with van der Waals surface area (Å²) in [6.45, 7) is 9.33. The lowest BCUT2D eigenvalue weighted by Gasteiger charge is -2.20. The fourth-order valence-electron chi connectivity index (χ4n) is 4.32. The van der Waals surface area contributed by atoms with E-state index in [0.717, 1.165) is 16.8 Å². The van der Waals surface area contributed by atoms with Gasteiger partial charge in [-0.15, -0.1) is 6.58 Å². The normalized spacial score (nSPS) is 12.3. The molecule has 0 N–H and O–H groups in total. The fourth-order valence-corrected chi connectivity index (χ4v) is 4.32. The number of esters is 1. The average molecular weight is 594 g/mol. The second-order valence-corrected chi connectivity index (χ2v) is 9.34. The lowest BCUT2D eigenvalue weighted by molar-refractivity contribution is -0.150. The van der Waals surface area contributed by atoms with Crippen molar-refractivity contribution in [3.63, 3.8) is 0 Å². The van der Waals surface area contributed by atoms with Crippen molar-refractivity contribution in [1.29, 1.82) is 0 Å². The van der Waals surface area contributed by atoms with E-state index in [2.05, 4.69) is 16.7 Å². The van der Waals surface area contributed by atoms with Crippen LogP contribution in [0.5, 0.6) is 11.5 Å². The summed E-state index contributed by atoms with van der Waals surface area (Å²) in [6, 6.07) is 14.4. The summed E-state index contributed by atoms with van der Waals surface area (Å²) in [7, 11) is 0. The third-order valence-electron chi connectivity index (χ3n) is 6.26. The van der Waals surface area contributed by atoms with E-state index in [1.54, 1.807) is 63.2 Å². The third kappa shape index (κ3) is 7.11. The first-order valence-corrected chi connectivity index (χ1v) is 13.5. The van der Waals surface area contributed by atoms with Crippen LogP contribution in [0.1, 0.15) is 37.5 Å². The molecular weight excluding hydrogens is 563 g/mol. The maximum absolute atomic E-state index is 13.5. The average Bonchev–Trinajstić information content (AvgIpc) is 2.98. The molecule has 1 atom stereocenters. The Hall–Kier alpha value is -4.93. The number of carbonyl (C=O) groups is 1. The Morgan fingerprint density at radius 2 is 1.86 bits per heavy atom. The van der Waals surface area contributed by atoms with E-state index in [9.17, 15) is 22.8 Å². The Morgan fingerprint density at radius 1 is 1.09 bits per heavy atom. The predicted molar refractivity (Wildman–Crippen MR) is 158 cm³/mol. The molecule has 8 nitrogen and oxygen atoms in total. The van der Waals surface area contributed by atoms with Crippen LogP contribution in [-0.4, -0.2) is 41.2 Å². The summed E-state index contributed by atoms with van der Waals surface area (Å²) >= 11 is 0. The van der Waals surface area contributed by atoms with Gasteiger partial charge in [0.2, 0.25) is 0 Å². The molecule has 1 aromatic heterocycles. The number of hydrogen-bond donors (Lipinski definition) is 0. The summed E-state index contributed by atoms with van der Waals surface area (Å²) in [4.78, 5) is 30.3. The van der Waals surface area contributed by atoms with Gasteiger partial charge >= 0.3 is 12.1 Å². The van der Waals surface area contributed by atoms with Gasteiger partial charge in [-0.3, -0.25) is 4.79 Å². The molecule has 0 aliphatic heterocycles. The Morgan fingerprint density at radius 3 is 2.56 bits per heavy atom. The van der Waals surface area contributed by atoms with Gasteiger partial charge in [-0.25, -0.2) is 9.78 Å². The zero-order valence-electron chi connectivity index (χ0n) is 23.9. The van der Waals surface area contributed by atoms with Crippen molar-refractivity contribution in [3.05, 3.63) is 100 Å². The van der Waals surface area contributed by atoms with Gasteiger partial charge in [0, 0.05) is 11.1 Å². The van der Waals surface area contributed by atoms with Crippen molar-refractivity contribution < 1.29 is 32.2 Å². The molecule has 11 heteroatoms. The number of alkyl halides is 3. The van der Waals surface area contributed by atoms with Crippen molar-refractivity contribution >= 4 is 23.1 Å². The minimum Gasteiger partial charge on any atom is -0.490 e. The summed E-state index contributed by atoms with van der Waals surface area (Å²) in [6.07, 6.45) is -2.13. The largest absolute Gasteiger partial charge is 0.490 e. The topological polar surface area (TPSA) is 92.0 Å². The standard InChI is InChI=1S/C32H30F3N3O5/c1-5-11-22-16-21(17-27(41-6-2)28(22)43-20(4)31(40)42-7-3)19-36-38-29(23-12-10-13-24(18-23)32(33,34)35)37-26-15-9-8-14-25(26)30(38)39/h5,8-10,12-20H,1,6-7,11H2,2-4H3/t20-/m1/s1. The van der Waals surface area contributed by atoms with Crippen LogP contribution in [0.4, 0.5) is 13.2 Å². The van der Waals surface area contributed by atoms with Gasteiger partial charge in [-0.05, 0) is 69.2 Å². The van der Waals surface area contributed by atoms with Gasteiger partial charge < -0.3 is 14.2 Å². The number of rotatable bonds is 11. The number of allylic oxidation sites excluding steroid dienone is 1. The van der Waals surface area contributed by atoms with E-state index in [1.165, 1.54) is 18.3 Å². The van der Waals surface area contributed by atoms with Crippen molar-refractivity contribution in [2.75, 3.05) is 13.2 Å². The number of para-hydroxylation sites is 1. The Balaban J connectivity index is 1.86. The van der Waals surface area contributed by atoms with Crippen LogP contribution in [0.2, 0.25) is 0 Å². The Labute approximate surface area is 246 Å². The lowest BCUT2D eigenvalue weighted by atomic mass is 10.1. The van der Waals surface area contributed by atoms with Gasteiger partial charge in [0.15, 0.2) is 23.4 Å². The second-order valence-electron chi connectivity index (χ2n) is 9.34. The highest BCUT2D eigenvalue weighted by Gasteiger charge is 2.31. The molecule has 0 spiro atoms. The Kier molecular flexibility index (Phi) is 9.64. The molecule has 0 fully saturated rings. The number of nitrogens with zero attached hydrogens (tertiary/aromatic N) is 3. The van der Waals surface area contributed by atoms with E-state index in [4.69, 9.17) is 14.2 Å². The molecule has 0 aliphatic carbocycles. The highest BCUT2D eigenvalue weighted by molar-refractivity contribution is 5.83.